The first-order chi connectivity index (χ1) is 8.84. The van der Waals surface area contributed by atoms with Gasteiger partial charge in [0.15, 0.2) is 0 Å². The molecule has 0 radical (unpaired) electrons. The minimum absolute atomic E-state index is 0.837. The molecule has 0 spiro atoms. The van der Waals surface area contributed by atoms with Gasteiger partial charge in [-0.15, -0.1) is 0 Å². The van der Waals surface area contributed by atoms with Crippen LogP contribution in [0, 0.1) is 0 Å². The Morgan fingerprint density at radius 2 is 1.94 bits per heavy atom. The third kappa shape index (κ3) is 4.99. The maximum absolute atomic E-state index is 5.74. The number of ether oxygens (including phenoxy) is 1. The number of hydrogen-bond acceptors (Lipinski definition) is 1. The predicted molar refractivity (Wildman–Crippen MR) is 78.3 cm³/mol. The smallest absolute Gasteiger partial charge is 0.120 e. The number of likely N-dealkylation sites (tertiary alicyclic amines) is 1. The zero-order chi connectivity index (χ0) is 12.6. The van der Waals surface area contributed by atoms with Crippen molar-refractivity contribution in [2.45, 2.75) is 32.1 Å². The van der Waals surface area contributed by atoms with Crippen molar-refractivity contribution in [1.82, 2.24) is 0 Å². The van der Waals surface area contributed by atoms with E-state index in [1.807, 2.05) is 24.3 Å². The van der Waals surface area contributed by atoms with Gasteiger partial charge in [0.2, 0.25) is 0 Å². The van der Waals surface area contributed by atoms with Gasteiger partial charge in [-0.3, -0.25) is 0 Å². The highest BCUT2D eigenvalue weighted by molar-refractivity contribution is 9.10. The molecule has 2 rings (SSSR count). The molecule has 0 unspecified atom stereocenters. The molecule has 1 aromatic rings. The first kappa shape index (κ1) is 13.9. The summed E-state index contributed by atoms with van der Waals surface area (Å²) in [4.78, 5) is 1.80. The molecule has 0 bridgehead atoms. The fourth-order valence-electron chi connectivity index (χ4n) is 2.53. The molecule has 1 aromatic carbocycles. The number of unbranched alkanes of at least 4 members (excludes halogenated alkanes) is 1. The van der Waals surface area contributed by atoms with Crippen LogP contribution in [0.1, 0.15) is 32.1 Å². The average molecular weight is 313 g/mol. The summed E-state index contributed by atoms with van der Waals surface area (Å²) in [6.07, 6.45) is 6.72. The van der Waals surface area contributed by atoms with Gasteiger partial charge in [0, 0.05) is 4.47 Å². The van der Waals surface area contributed by atoms with Crippen LogP contribution in [0.4, 0.5) is 0 Å². The van der Waals surface area contributed by atoms with Crippen LogP contribution in [0.25, 0.3) is 0 Å². The molecule has 3 heteroatoms. The summed E-state index contributed by atoms with van der Waals surface area (Å²) in [5.74, 6) is 0.967. The van der Waals surface area contributed by atoms with Gasteiger partial charge >= 0.3 is 0 Å². The second kappa shape index (κ2) is 7.80. The molecule has 1 N–H and O–H groups in total. The highest BCUT2D eigenvalue weighted by Crippen LogP contribution is 2.17. The third-order valence-corrected chi connectivity index (χ3v) is 4.04. The predicted octanol–water partition coefficient (Wildman–Crippen LogP) is 2.68. The fraction of sp³-hybridized carbons (Fsp3) is 0.600. The van der Waals surface area contributed by atoms with Gasteiger partial charge in [-0.2, -0.15) is 0 Å². The van der Waals surface area contributed by atoms with Crippen LogP contribution in [0.2, 0.25) is 0 Å². The van der Waals surface area contributed by atoms with Crippen molar-refractivity contribution >= 4 is 15.9 Å². The third-order valence-electron chi connectivity index (χ3n) is 3.55. The highest BCUT2D eigenvalue weighted by atomic mass is 79.9. The molecule has 0 aromatic heterocycles. The van der Waals surface area contributed by atoms with Gasteiger partial charge in [-0.25, -0.2) is 0 Å². The van der Waals surface area contributed by atoms with E-state index in [-0.39, 0.29) is 0 Å². The van der Waals surface area contributed by atoms with Crippen molar-refractivity contribution in [1.29, 1.82) is 0 Å². The van der Waals surface area contributed by atoms with Crippen LogP contribution in [-0.2, 0) is 0 Å². The van der Waals surface area contributed by atoms with Gasteiger partial charge in [-0.05, 0) is 50.3 Å². The summed E-state index contributed by atoms with van der Waals surface area (Å²) in [5, 5.41) is 0. The molecular formula is C15H23BrNO+. The lowest BCUT2D eigenvalue weighted by molar-refractivity contribution is -0.905. The van der Waals surface area contributed by atoms with E-state index in [2.05, 4.69) is 15.9 Å². The van der Waals surface area contributed by atoms with Crippen LogP contribution in [0.5, 0.6) is 5.75 Å². The lowest BCUT2D eigenvalue weighted by atomic mass is 10.1. The standard InChI is InChI=1S/C15H22BrNO/c16-14-7-6-8-15(13-14)18-12-5-4-11-17-9-2-1-3-10-17/h6-8,13H,1-5,9-12H2/p+1. The fourth-order valence-corrected chi connectivity index (χ4v) is 2.90. The zero-order valence-corrected chi connectivity index (χ0v) is 12.5. The van der Waals surface area contributed by atoms with Crippen LogP contribution in [0.3, 0.4) is 0 Å². The van der Waals surface area contributed by atoms with E-state index in [0.29, 0.717) is 0 Å². The molecule has 0 amide bonds. The molecule has 0 atom stereocenters. The van der Waals surface area contributed by atoms with Crippen LogP contribution in [0.15, 0.2) is 28.7 Å². The molecule has 1 saturated heterocycles. The van der Waals surface area contributed by atoms with Gasteiger partial charge < -0.3 is 9.64 Å². The van der Waals surface area contributed by atoms with E-state index in [9.17, 15) is 0 Å². The Morgan fingerprint density at radius 1 is 1.11 bits per heavy atom. The van der Waals surface area contributed by atoms with E-state index in [1.165, 1.54) is 45.3 Å². The molecular weight excluding hydrogens is 290 g/mol. The van der Waals surface area contributed by atoms with Crippen molar-refractivity contribution in [3.63, 3.8) is 0 Å². The topological polar surface area (TPSA) is 13.7 Å². The summed E-state index contributed by atoms with van der Waals surface area (Å²) in [6, 6.07) is 8.07. The first-order valence-electron chi connectivity index (χ1n) is 7.06. The summed E-state index contributed by atoms with van der Waals surface area (Å²) in [6.45, 7) is 4.92. The maximum atomic E-state index is 5.74. The van der Waals surface area contributed by atoms with Crippen molar-refractivity contribution in [3.05, 3.63) is 28.7 Å². The number of hydrogen-bond donors (Lipinski definition) is 1. The molecule has 18 heavy (non-hydrogen) atoms. The number of benzene rings is 1. The molecule has 100 valence electrons. The Morgan fingerprint density at radius 3 is 2.72 bits per heavy atom. The molecule has 1 aliphatic rings. The lowest BCUT2D eigenvalue weighted by Gasteiger charge is -2.23. The number of rotatable bonds is 6. The summed E-state index contributed by atoms with van der Waals surface area (Å²) in [5.41, 5.74) is 0. The van der Waals surface area contributed by atoms with E-state index in [1.54, 1.807) is 4.90 Å². The molecule has 2 nitrogen and oxygen atoms in total. The highest BCUT2D eigenvalue weighted by Gasteiger charge is 2.12. The first-order valence-corrected chi connectivity index (χ1v) is 7.86. The van der Waals surface area contributed by atoms with Crippen LogP contribution < -0.4 is 9.64 Å². The Bertz CT molecular complexity index is 350. The monoisotopic (exact) mass is 312 g/mol. The Balaban J connectivity index is 1.55. The SMILES string of the molecule is Brc1cccc(OCCCC[NH+]2CCCCC2)c1. The quantitative estimate of drug-likeness (QED) is 0.797. The van der Waals surface area contributed by atoms with Crippen LogP contribution in [-0.4, -0.2) is 26.2 Å². The summed E-state index contributed by atoms with van der Waals surface area (Å²) < 4.78 is 6.82. The second-order valence-electron chi connectivity index (χ2n) is 5.07. The Kier molecular flexibility index (Phi) is 6.01. The number of piperidine rings is 1. The van der Waals surface area contributed by atoms with E-state index < -0.39 is 0 Å². The van der Waals surface area contributed by atoms with E-state index in [4.69, 9.17) is 4.74 Å². The Labute approximate surface area is 118 Å². The van der Waals surface area contributed by atoms with Crippen molar-refractivity contribution < 1.29 is 9.64 Å². The average Bonchev–Trinajstić information content (AvgIpc) is 2.40. The normalized spacial score (nSPS) is 16.7. The van der Waals surface area contributed by atoms with Crippen molar-refractivity contribution in [3.8, 4) is 5.75 Å². The minimum atomic E-state index is 0.837. The molecule has 1 heterocycles. The number of quaternary nitrogens is 1. The molecule has 0 saturated carbocycles. The molecule has 1 aliphatic heterocycles. The molecule has 0 aliphatic carbocycles. The second-order valence-corrected chi connectivity index (χ2v) is 5.99. The van der Waals surface area contributed by atoms with Gasteiger partial charge in [-0.1, -0.05) is 22.0 Å². The van der Waals surface area contributed by atoms with Crippen LogP contribution >= 0.6 is 15.9 Å². The summed E-state index contributed by atoms with van der Waals surface area (Å²) >= 11 is 3.45. The van der Waals surface area contributed by atoms with Gasteiger partial charge in [0.25, 0.3) is 0 Å². The largest absolute Gasteiger partial charge is 0.494 e. The summed E-state index contributed by atoms with van der Waals surface area (Å²) in [7, 11) is 0. The zero-order valence-electron chi connectivity index (χ0n) is 11.0. The number of halogens is 1. The van der Waals surface area contributed by atoms with E-state index >= 15 is 0 Å². The van der Waals surface area contributed by atoms with E-state index in [0.717, 1.165) is 23.2 Å². The van der Waals surface area contributed by atoms with Crippen molar-refractivity contribution in [2.24, 2.45) is 0 Å². The lowest BCUT2D eigenvalue weighted by Crippen LogP contribution is -3.12. The maximum Gasteiger partial charge on any atom is 0.120 e. The van der Waals surface area contributed by atoms with Crippen molar-refractivity contribution in [2.75, 3.05) is 26.2 Å². The number of nitrogens with one attached hydrogen (secondary N) is 1. The molecule has 1 fully saturated rings. The Hall–Kier alpha value is -0.540. The van der Waals surface area contributed by atoms with Gasteiger partial charge in [0.1, 0.15) is 5.75 Å². The van der Waals surface area contributed by atoms with Gasteiger partial charge in [0.05, 0.1) is 26.2 Å². The minimum Gasteiger partial charge on any atom is -0.494 e.